The number of ether oxygens (including phenoxy) is 1. The van der Waals surface area contributed by atoms with E-state index in [9.17, 15) is 5.11 Å². The molecule has 1 N–H and O–H groups in total. The van der Waals surface area contributed by atoms with Gasteiger partial charge in [-0.1, -0.05) is 26.8 Å². The highest BCUT2D eigenvalue weighted by Crippen LogP contribution is 2.11. The third kappa shape index (κ3) is 7.85. The summed E-state index contributed by atoms with van der Waals surface area (Å²) in [6.07, 6.45) is 2.57. The molecule has 0 bridgehead atoms. The predicted molar refractivity (Wildman–Crippen MR) is 55.5 cm³/mol. The van der Waals surface area contributed by atoms with Crippen molar-refractivity contribution < 1.29 is 9.84 Å². The van der Waals surface area contributed by atoms with Crippen LogP contribution in [-0.4, -0.2) is 17.8 Å². The molecule has 1 unspecified atom stereocenters. The predicted octanol–water partition coefficient (Wildman–Crippen LogP) is 2.72. The molecule has 0 heterocycles. The summed E-state index contributed by atoms with van der Waals surface area (Å²) in [4.78, 5) is 0. The van der Waals surface area contributed by atoms with Gasteiger partial charge in [-0.15, -0.1) is 0 Å². The molecule has 0 saturated heterocycles. The van der Waals surface area contributed by atoms with Gasteiger partial charge in [0, 0.05) is 0 Å². The monoisotopic (exact) mass is 186 g/mol. The summed E-state index contributed by atoms with van der Waals surface area (Å²) < 4.78 is 5.28. The average molecular weight is 186 g/mol. The van der Waals surface area contributed by atoms with E-state index >= 15 is 0 Å². The van der Waals surface area contributed by atoms with Crippen LogP contribution in [0.15, 0.2) is 12.3 Å². The third-order valence-corrected chi connectivity index (χ3v) is 1.91. The quantitative estimate of drug-likeness (QED) is 0.619. The molecular formula is C11H22O2. The Kier molecular flexibility index (Phi) is 6.69. The summed E-state index contributed by atoms with van der Waals surface area (Å²) in [7, 11) is 0. The van der Waals surface area contributed by atoms with E-state index in [0.29, 0.717) is 12.5 Å². The van der Waals surface area contributed by atoms with Crippen LogP contribution < -0.4 is 0 Å². The highest BCUT2D eigenvalue weighted by Gasteiger charge is 2.09. The molecule has 2 heteroatoms. The lowest BCUT2D eigenvalue weighted by Crippen LogP contribution is -2.15. The molecule has 0 aliphatic heterocycles. The van der Waals surface area contributed by atoms with Gasteiger partial charge in [-0.25, -0.2) is 0 Å². The first kappa shape index (κ1) is 12.5. The van der Waals surface area contributed by atoms with Crippen LogP contribution in [0, 0.1) is 5.92 Å². The van der Waals surface area contributed by atoms with Crippen molar-refractivity contribution in [2.24, 2.45) is 5.92 Å². The Morgan fingerprint density at radius 1 is 1.54 bits per heavy atom. The molecule has 78 valence electrons. The second-order valence-electron chi connectivity index (χ2n) is 3.80. The van der Waals surface area contributed by atoms with Gasteiger partial charge in [-0.2, -0.15) is 0 Å². The fourth-order valence-electron chi connectivity index (χ4n) is 1.27. The smallest absolute Gasteiger partial charge is 0.0903 e. The van der Waals surface area contributed by atoms with E-state index in [-0.39, 0.29) is 6.10 Å². The number of hydrogen-bond donors (Lipinski definition) is 1. The van der Waals surface area contributed by atoms with Crippen LogP contribution in [0.3, 0.4) is 0 Å². The van der Waals surface area contributed by atoms with E-state index in [1.807, 2.05) is 6.92 Å². The molecule has 0 aromatic carbocycles. The van der Waals surface area contributed by atoms with Crippen molar-refractivity contribution in [1.82, 2.24) is 0 Å². The zero-order valence-electron chi connectivity index (χ0n) is 9.05. The lowest BCUT2D eigenvalue weighted by atomic mass is 10.0. The van der Waals surface area contributed by atoms with E-state index in [1.165, 1.54) is 0 Å². The lowest BCUT2D eigenvalue weighted by molar-refractivity contribution is 0.101. The van der Waals surface area contributed by atoms with Gasteiger partial charge >= 0.3 is 0 Å². The van der Waals surface area contributed by atoms with Crippen molar-refractivity contribution in [2.45, 2.75) is 46.1 Å². The molecular weight excluding hydrogens is 164 g/mol. The van der Waals surface area contributed by atoms with Gasteiger partial charge in [-0.3, -0.25) is 0 Å². The van der Waals surface area contributed by atoms with Crippen LogP contribution in [-0.2, 0) is 4.74 Å². The Balaban J connectivity index is 3.48. The maximum absolute atomic E-state index is 9.51. The molecule has 0 amide bonds. The highest BCUT2D eigenvalue weighted by atomic mass is 16.5. The molecule has 2 nitrogen and oxygen atoms in total. The average Bonchev–Trinajstić information content (AvgIpc) is 2.01. The highest BCUT2D eigenvalue weighted by molar-refractivity contribution is 4.74. The van der Waals surface area contributed by atoms with Crippen molar-refractivity contribution in [1.29, 1.82) is 0 Å². The van der Waals surface area contributed by atoms with E-state index in [1.54, 1.807) is 0 Å². The van der Waals surface area contributed by atoms with Gasteiger partial charge < -0.3 is 9.84 Å². The molecule has 0 aliphatic rings. The number of rotatable bonds is 7. The van der Waals surface area contributed by atoms with Gasteiger partial charge in [-0.05, 0) is 25.7 Å². The minimum atomic E-state index is -0.172. The van der Waals surface area contributed by atoms with Gasteiger partial charge in [0.05, 0.1) is 18.5 Å². The van der Waals surface area contributed by atoms with Crippen LogP contribution in [0.5, 0.6) is 0 Å². The second-order valence-corrected chi connectivity index (χ2v) is 3.80. The maximum atomic E-state index is 9.51. The summed E-state index contributed by atoms with van der Waals surface area (Å²) in [6.45, 7) is 10.3. The maximum Gasteiger partial charge on any atom is 0.0903 e. The van der Waals surface area contributed by atoms with Crippen molar-refractivity contribution in [3.05, 3.63) is 12.3 Å². The standard InChI is InChI=1S/C11H22O2/c1-5-6-11(12)7-10(4)8-13-9(2)3/h10-12H,2,5-8H2,1,3-4H3/t10-,11?/m1/s1. The number of aliphatic hydroxyl groups excluding tert-OH is 1. The molecule has 0 aromatic rings. The molecule has 0 aromatic heterocycles. The van der Waals surface area contributed by atoms with Crippen molar-refractivity contribution >= 4 is 0 Å². The minimum Gasteiger partial charge on any atom is -0.499 e. The third-order valence-electron chi connectivity index (χ3n) is 1.91. The molecule has 2 atom stereocenters. The van der Waals surface area contributed by atoms with Crippen LogP contribution in [0.25, 0.3) is 0 Å². The molecule has 0 spiro atoms. The zero-order valence-corrected chi connectivity index (χ0v) is 9.05. The molecule has 0 aliphatic carbocycles. The number of aliphatic hydroxyl groups is 1. The summed E-state index contributed by atoms with van der Waals surface area (Å²) in [5.74, 6) is 1.15. The SMILES string of the molecule is C=C(C)OC[C@H](C)CC(O)CCC. The van der Waals surface area contributed by atoms with E-state index in [0.717, 1.165) is 25.0 Å². The molecule has 13 heavy (non-hydrogen) atoms. The molecule has 0 saturated carbocycles. The Bertz CT molecular complexity index is 143. The van der Waals surface area contributed by atoms with Gasteiger partial charge in [0.2, 0.25) is 0 Å². The van der Waals surface area contributed by atoms with Crippen LogP contribution >= 0.6 is 0 Å². The summed E-state index contributed by atoms with van der Waals surface area (Å²) >= 11 is 0. The van der Waals surface area contributed by atoms with Crippen LogP contribution in [0.1, 0.15) is 40.0 Å². The van der Waals surface area contributed by atoms with E-state index < -0.39 is 0 Å². The van der Waals surface area contributed by atoms with Crippen molar-refractivity contribution in [2.75, 3.05) is 6.61 Å². The van der Waals surface area contributed by atoms with Gasteiger partial charge in [0.25, 0.3) is 0 Å². The first-order valence-corrected chi connectivity index (χ1v) is 5.02. The zero-order chi connectivity index (χ0) is 10.3. The van der Waals surface area contributed by atoms with E-state index in [2.05, 4.69) is 20.4 Å². The van der Waals surface area contributed by atoms with Crippen LogP contribution in [0.4, 0.5) is 0 Å². The first-order chi connectivity index (χ1) is 6.06. The summed E-state index contributed by atoms with van der Waals surface area (Å²) in [5, 5.41) is 9.51. The van der Waals surface area contributed by atoms with E-state index in [4.69, 9.17) is 4.74 Å². The summed E-state index contributed by atoms with van der Waals surface area (Å²) in [5.41, 5.74) is 0. The number of allylic oxidation sites excluding steroid dienone is 1. The Morgan fingerprint density at radius 2 is 2.15 bits per heavy atom. The number of hydrogen-bond acceptors (Lipinski definition) is 2. The fourth-order valence-corrected chi connectivity index (χ4v) is 1.27. The molecule has 0 radical (unpaired) electrons. The van der Waals surface area contributed by atoms with Crippen molar-refractivity contribution in [3.63, 3.8) is 0 Å². The molecule has 0 rings (SSSR count). The first-order valence-electron chi connectivity index (χ1n) is 5.02. The van der Waals surface area contributed by atoms with Crippen LogP contribution in [0.2, 0.25) is 0 Å². The normalized spacial score (nSPS) is 15.1. The molecule has 0 fully saturated rings. The Hall–Kier alpha value is -0.500. The second kappa shape index (κ2) is 6.96. The van der Waals surface area contributed by atoms with Crippen molar-refractivity contribution in [3.8, 4) is 0 Å². The lowest BCUT2D eigenvalue weighted by Gasteiger charge is -2.16. The largest absolute Gasteiger partial charge is 0.499 e. The van der Waals surface area contributed by atoms with Gasteiger partial charge in [0.1, 0.15) is 0 Å². The fraction of sp³-hybridized carbons (Fsp3) is 0.818. The Morgan fingerprint density at radius 3 is 2.62 bits per heavy atom. The van der Waals surface area contributed by atoms with Gasteiger partial charge in [0.15, 0.2) is 0 Å². The summed E-state index contributed by atoms with van der Waals surface area (Å²) in [6, 6.07) is 0. The Labute approximate surface area is 81.6 Å². The minimum absolute atomic E-state index is 0.172. The topological polar surface area (TPSA) is 29.5 Å².